The summed E-state index contributed by atoms with van der Waals surface area (Å²) >= 11 is 0. The lowest BCUT2D eigenvalue weighted by molar-refractivity contribution is 0.475. The summed E-state index contributed by atoms with van der Waals surface area (Å²) in [6.45, 7) is 0. The Morgan fingerprint density at radius 3 is 2.25 bits per heavy atom. The number of nitrogens with one attached hydrogen (secondary N) is 1. The average Bonchev–Trinajstić information content (AvgIpc) is 1.59. The van der Waals surface area contributed by atoms with Gasteiger partial charge in [0.2, 0.25) is 0 Å². The molecule has 0 aliphatic carbocycles. The van der Waals surface area contributed by atoms with Gasteiger partial charge in [0.15, 0.2) is 0 Å². The van der Waals surface area contributed by atoms with E-state index in [9.17, 15) is 12.8 Å². The largest absolute Gasteiger partial charge is 0.357 e. The molecule has 0 atom stereocenters. The summed E-state index contributed by atoms with van der Waals surface area (Å²) in [4.78, 5) is 0. The fourth-order valence-electron chi connectivity index (χ4n) is 0.112. The van der Waals surface area contributed by atoms with Gasteiger partial charge >= 0.3 is 10.3 Å². The maximum absolute atomic E-state index is 10.9. The Kier molecular flexibility index (Phi) is 2.43. The highest BCUT2D eigenvalue weighted by atomic mass is 32.2. The Labute approximate surface area is 45.9 Å². The molecule has 0 aliphatic rings. The molecular formula is C2H4FNO3S. The quantitative estimate of drug-likeness (QED) is 0.524. The lowest BCUT2D eigenvalue weighted by Gasteiger charge is -1.88. The lowest BCUT2D eigenvalue weighted by Crippen LogP contribution is -2.15. The third-order valence-electron chi connectivity index (χ3n) is 0.280. The van der Waals surface area contributed by atoms with Crippen LogP contribution in [0.25, 0.3) is 0 Å². The zero-order valence-electron chi connectivity index (χ0n) is 3.70. The second-order valence-electron chi connectivity index (χ2n) is 0.886. The van der Waals surface area contributed by atoms with Crippen LogP contribution in [0, 0.1) is 0 Å². The maximum Gasteiger partial charge on any atom is 0.357 e. The Morgan fingerprint density at radius 1 is 1.62 bits per heavy atom. The Bertz CT molecular complexity index is 172. The van der Waals surface area contributed by atoms with E-state index in [0.717, 1.165) is 0 Å². The van der Waals surface area contributed by atoms with E-state index in [0.29, 0.717) is 6.20 Å². The first-order valence-electron chi connectivity index (χ1n) is 1.56. The lowest BCUT2D eigenvalue weighted by atomic mass is 11.1. The van der Waals surface area contributed by atoms with Gasteiger partial charge in [-0.15, -0.1) is 0 Å². The molecular weight excluding hydrogens is 137 g/mol. The van der Waals surface area contributed by atoms with Crippen molar-refractivity contribution < 1.29 is 17.4 Å². The van der Waals surface area contributed by atoms with Gasteiger partial charge in [0.25, 0.3) is 0 Å². The zero-order valence-corrected chi connectivity index (χ0v) is 4.52. The van der Waals surface area contributed by atoms with Gasteiger partial charge in [0.05, 0.1) is 0 Å². The van der Waals surface area contributed by atoms with Crippen molar-refractivity contribution in [2.24, 2.45) is 0 Å². The predicted octanol–water partition coefficient (Wildman–Crippen LogP) is -0.180. The molecule has 8 heavy (non-hydrogen) atoms. The van der Waals surface area contributed by atoms with E-state index in [2.05, 4.69) is 0 Å². The van der Waals surface area contributed by atoms with Crippen molar-refractivity contribution in [3.8, 4) is 0 Å². The molecule has 0 bridgehead atoms. The van der Waals surface area contributed by atoms with Gasteiger partial charge < -0.3 is 0 Å². The predicted molar refractivity (Wildman–Crippen MR) is 24.9 cm³/mol. The van der Waals surface area contributed by atoms with E-state index < -0.39 is 10.3 Å². The van der Waals surface area contributed by atoms with Crippen LogP contribution in [0.3, 0.4) is 0 Å². The summed E-state index contributed by atoms with van der Waals surface area (Å²) < 4.78 is 39.3. The molecule has 0 amide bonds. The fraction of sp³-hybridized carbons (Fsp3) is 0. The number of halogens is 1. The van der Waals surface area contributed by atoms with Crippen LogP contribution < -0.4 is 4.72 Å². The van der Waals surface area contributed by atoms with Crippen LogP contribution in [-0.4, -0.2) is 13.0 Å². The molecule has 0 saturated carbocycles. The van der Waals surface area contributed by atoms with E-state index >= 15 is 0 Å². The summed E-state index contributed by atoms with van der Waals surface area (Å²) in [6.07, 6.45) is 0.406. The third-order valence-corrected chi connectivity index (χ3v) is 0.714. The van der Waals surface area contributed by atoms with E-state index in [1.807, 2.05) is 0 Å². The monoisotopic (exact) mass is 141 g/mol. The summed E-state index contributed by atoms with van der Waals surface area (Å²) in [6, 6.07) is 0. The van der Waals surface area contributed by atoms with Gasteiger partial charge in [0.1, 0.15) is 6.33 Å². The summed E-state index contributed by atoms with van der Waals surface area (Å²) in [5.41, 5.74) is 0. The van der Waals surface area contributed by atoms with Gasteiger partial charge in [-0.25, -0.2) is 4.39 Å². The van der Waals surface area contributed by atoms with E-state index in [1.54, 1.807) is 0 Å². The summed E-state index contributed by atoms with van der Waals surface area (Å²) in [7, 11) is -4.26. The molecule has 0 spiro atoms. The standard InChI is InChI=1S/C2H4FNO3S/c3-1-2-4-8(5,6)7/h1-2,4H,(H,5,6,7). The molecule has 0 heterocycles. The minimum atomic E-state index is -4.26. The minimum absolute atomic E-state index is 0.0478. The van der Waals surface area contributed by atoms with Gasteiger partial charge in [-0.3, -0.25) is 9.27 Å². The van der Waals surface area contributed by atoms with Gasteiger partial charge in [0, 0.05) is 6.20 Å². The Balaban J connectivity index is 3.76. The highest BCUT2D eigenvalue weighted by Gasteiger charge is 1.94. The third kappa shape index (κ3) is 5.38. The van der Waals surface area contributed by atoms with Crippen molar-refractivity contribution in [3.05, 3.63) is 12.5 Å². The Hall–Kier alpha value is -0.620. The average molecular weight is 141 g/mol. The van der Waals surface area contributed by atoms with Crippen LogP contribution in [0.15, 0.2) is 12.5 Å². The molecule has 0 fully saturated rings. The van der Waals surface area contributed by atoms with E-state index in [4.69, 9.17) is 4.55 Å². The number of rotatable bonds is 2. The van der Waals surface area contributed by atoms with Crippen molar-refractivity contribution in [3.63, 3.8) is 0 Å². The van der Waals surface area contributed by atoms with Crippen molar-refractivity contribution in [1.29, 1.82) is 0 Å². The minimum Gasteiger partial charge on any atom is -0.269 e. The zero-order chi connectivity index (χ0) is 6.62. The van der Waals surface area contributed by atoms with Crippen LogP contribution in [0.2, 0.25) is 0 Å². The van der Waals surface area contributed by atoms with Crippen molar-refractivity contribution >= 4 is 10.3 Å². The maximum atomic E-state index is 10.9. The van der Waals surface area contributed by atoms with Gasteiger partial charge in [-0.05, 0) is 0 Å². The van der Waals surface area contributed by atoms with Gasteiger partial charge in [-0.2, -0.15) is 8.42 Å². The molecule has 48 valence electrons. The molecule has 2 N–H and O–H groups in total. The molecule has 0 aliphatic heterocycles. The molecule has 0 unspecified atom stereocenters. The summed E-state index contributed by atoms with van der Waals surface area (Å²) in [5.74, 6) is 0. The van der Waals surface area contributed by atoms with Crippen LogP contribution in [-0.2, 0) is 10.3 Å². The first-order chi connectivity index (χ1) is 3.56. The van der Waals surface area contributed by atoms with Crippen LogP contribution in [0.4, 0.5) is 4.39 Å². The van der Waals surface area contributed by atoms with Crippen LogP contribution >= 0.6 is 0 Å². The Morgan fingerprint density at radius 2 is 2.12 bits per heavy atom. The molecule has 0 rings (SSSR count). The van der Waals surface area contributed by atoms with Crippen molar-refractivity contribution in [2.75, 3.05) is 0 Å². The first kappa shape index (κ1) is 7.38. The molecule has 4 nitrogen and oxygen atoms in total. The fourth-order valence-corrected chi connectivity index (χ4v) is 0.335. The smallest absolute Gasteiger partial charge is 0.269 e. The molecule has 6 heteroatoms. The van der Waals surface area contributed by atoms with E-state index in [1.165, 1.54) is 4.72 Å². The highest BCUT2D eigenvalue weighted by molar-refractivity contribution is 7.83. The molecule has 0 aromatic heterocycles. The summed E-state index contributed by atoms with van der Waals surface area (Å²) in [5, 5.41) is 0. The van der Waals surface area contributed by atoms with E-state index in [-0.39, 0.29) is 6.33 Å². The second kappa shape index (κ2) is 2.63. The van der Waals surface area contributed by atoms with Crippen molar-refractivity contribution in [1.82, 2.24) is 4.72 Å². The highest BCUT2D eigenvalue weighted by Crippen LogP contribution is 1.72. The number of hydrogen-bond acceptors (Lipinski definition) is 2. The van der Waals surface area contributed by atoms with Gasteiger partial charge in [-0.1, -0.05) is 0 Å². The van der Waals surface area contributed by atoms with Crippen molar-refractivity contribution in [2.45, 2.75) is 0 Å². The first-order valence-corrected chi connectivity index (χ1v) is 3.00. The SMILES string of the molecule is O=S(=O)(O)NC=CF. The molecule has 0 aromatic rings. The molecule has 0 radical (unpaired) electrons. The number of hydrogen-bond donors (Lipinski definition) is 2. The normalized spacial score (nSPS) is 12.2. The molecule has 0 saturated heterocycles. The topological polar surface area (TPSA) is 66.4 Å². The van der Waals surface area contributed by atoms with Crippen LogP contribution in [0.1, 0.15) is 0 Å². The van der Waals surface area contributed by atoms with Crippen LogP contribution in [0.5, 0.6) is 0 Å². The second-order valence-corrected chi connectivity index (χ2v) is 2.07. The molecule has 0 aromatic carbocycles.